The molecule has 8 nitrogen and oxygen atoms in total. The SMILES string of the molecule is C[C@H](c1cscn1)N(Cc1ccc(C(F)(F)F)nn1)C(=O)c1cnc2nc(N)c(Br)cc2c1. The highest BCUT2D eigenvalue weighted by Gasteiger charge is 2.33. The van der Waals surface area contributed by atoms with Crippen LogP contribution in [0.3, 0.4) is 0 Å². The number of nitrogens with zero attached hydrogens (tertiary/aromatic N) is 6. The maximum absolute atomic E-state index is 13.5. The maximum Gasteiger partial charge on any atom is 0.435 e. The van der Waals surface area contributed by atoms with E-state index in [1.54, 1.807) is 29.9 Å². The molecule has 1 amide bonds. The number of anilines is 1. The number of thiazole rings is 1. The molecule has 1 atom stereocenters. The number of carbonyl (C=O) groups is 1. The van der Waals surface area contributed by atoms with Crippen LogP contribution in [0.2, 0.25) is 0 Å². The number of carbonyl (C=O) groups excluding carboxylic acids is 1. The van der Waals surface area contributed by atoms with Crippen LogP contribution in [-0.4, -0.2) is 36.0 Å². The van der Waals surface area contributed by atoms with E-state index in [2.05, 4.69) is 41.1 Å². The number of hydrogen-bond donors (Lipinski definition) is 1. The molecule has 2 N–H and O–H groups in total. The summed E-state index contributed by atoms with van der Waals surface area (Å²) < 4.78 is 39.1. The summed E-state index contributed by atoms with van der Waals surface area (Å²) in [6, 6.07) is 4.88. The summed E-state index contributed by atoms with van der Waals surface area (Å²) in [4.78, 5) is 27.6. The van der Waals surface area contributed by atoms with Crippen molar-refractivity contribution in [2.24, 2.45) is 0 Å². The smallest absolute Gasteiger partial charge is 0.383 e. The third-order valence-electron chi connectivity index (χ3n) is 4.85. The van der Waals surface area contributed by atoms with Crippen LogP contribution < -0.4 is 5.73 Å². The molecule has 0 aliphatic carbocycles. The molecule has 4 rings (SSSR count). The summed E-state index contributed by atoms with van der Waals surface area (Å²) in [6.07, 6.45) is -3.22. The van der Waals surface area contributed by atoms with Gasteiger partial charge in [-0.25, -0.2) is 15.0 Å². The molecule has 0 spiro atoms. The molecule has 4 aromatic rings. The zero-order valence-electron chi connectivity index (χ0n) is 16.9. The summed E-state index contributed by atoms with van der Waals surface area (Å²) in [6.45, 7) is 1.70. The normalized spacial score (nSPS) is 12.6. The molecule has 0 aliphatic rings. The lowest BCUT2D eigenvalue weighted by molar-refractivity contribution is -0.141. The molecular weight excluding hydrogens is 523 g/mol. The van der Waals surface area contributed by atoms with E-state index < -0.39 is 23.8 Å². The second kappa shape index (κ2) is 8.98. The van der Waals surface area contributed by atoms with Gasteiger partial charge >= 0.3 is 6.18 Å². The van der Waals surface area contributed by atoms with Crippen LogP contribution in [-0.2, 0) is 12.7 Å². The van der Waals surface area contributed by atoms with Crippen molar-refractivity contribution in [3.8, 4) is 0 Å². The first-order valence-electron chi connectivity index (χ1n) is 9.44. The molecule has 0 saturated carbocycles. The average Bonchev–Trinajstić information content (AvgIpc) is 3.32. The minimum absolute atomic E-state index is 0.0790. The molecular formula is C20H15BrF3N7OS. The Hall–Kier alpha value is -3.19. The van der Waals surface area contributed by atoms with Crippen molar-refractivity contribution in [2.75, 3.05) is 5.73 Å². The lowest BCUT2D eigenvalue weighted by atomic mass is 10.1. The minimum atomic E-state index is -4.60. The quantitative estimate of drug-likeness (QED) is 0.394. The van der Waals surface area contributed by atoms with E-state index in [1.165, 1.54) is 28.5 Å². The lowest BCUT2D eigenvalue weighted by Gasteiger charge is -2.28. The van der Waals surface area contributed by atoms with E-state index in [0.717, 1.165) is 6.07 Å². The Morgan fingerprint density at radius 3 is 2.67 bits per heavy atom. The molecule has 0 bridgehead atoms. The Morgan fingerprint density at radius 1 is 1.24 bits per heavy atom. The first-order chi connectivity index (χ1) is 15.6. The Morgan fingerprint density at radius 2 is 2.03 bits per heavy atom. The number of aromatic nitrogens is 5. The molecule has 0 saturated heterocycles. The summed E-state index contributed by atoms with van der Waals surface area (Å²) in [7, 11) is 0. The first kappa shape index (κ1) is 23.0. The Labute approximate surface area is 197 Å². The van der Waals surface area contributed by atoms with Gasteiger partial charge in [0.2, 0.25) is 0 Å². The van der Waals surface area contributed by atoms with Crippen LogP contribution >= 0.6 is 27.3 Å². The zero-order valence-corrected chi connectivity index (χ0v) is 19.3. The van der Waals surface area contributed by atoms with Crippen LogP contribution in [0.4, 0.5) is 19.0 Å². The molecule has 0 unspecified atom stereocenters. The third kappa shape index (κ3) is 4.93. The fourth-order valence-corrected chi connectivity index (χ4v) is 4.05. The molecule has 33 heavy (non-hydrogen) atoms. The highest BCUT2D eigenvalue weighted by molar-refractivity contribution is 9.10. The van der Waals surface area contributed by atoms with Crippen LogP contribution in [0.15, 0.2) is 45.8 Å². The molecule has 13 heteroatoms. The molecule has 170 valence electrons. The second-order valence-electron chi connectivity index (χ2n) is 7.06. The Balaban J connectivity index is 1.69. The number of alkyl halides is 3. The summed E-state index contributed by atoms with van der Waals surface area (Å²) in [5, 5.41) is 9.31. The van der Waals surface area contributed by atoms with Gasteiger partial charge in [-0.3, -0.25) is 4.79 Å². The molecule has 4 aromatic heterocycles. The number of nitrogens with two attached hydrogens (primary N) is 1. The van der Waals surface area contributed by atoms with E-state index in [1.807, 2.05) is 0 Å². The van der Waals surface area contributed by atoms with E-state index >= 15 is 0 Å². The van der Waals surface area contributed by atoms with Crippen molar-refractivity contribution in [1.82, 2.24) is 30.0 Å². The van der Waals surface area contributed by atoms with Crippen molar-refractivity contribution >= 4 is 50.0 Å². The van der Waals surface area contributed by atoms with Gasteiger partial charge in [0.1, 0.15) is 5.82 Å². The second-order valence-corrected chi connectivity index (χ2v) is 8.63. The van der Waals surface area contributed by atoms with Crippen LogP contribution in [0, 0.1) is 0 Å². The number of rotatable bonds is 5. The van der Waals surface area contributed by atoms with E-state index in [4.69, 9.17) is 5.73 Å². The third-order valence-corrected chi connectivity index (χ3v) is 6.09. The minimum Gasteiger partial charge on any atom is -0.383 e. The van der Waals surface area contributed by atoms with Crippen molar-refractivity contribution in [1.29, 1.82) is 0 Å². The Bertz CT molecular complexity index is 1300. The molecule has 0 radical (unpaired) electrons. The van der Waals surface area contributed by atoms with Crippen molar-refractivity contribution < 1.29 is 18.0 Å². The number of hydrogen-bond acceptors (Lipinski definition) is 8. The van der Waals surface area contributed by atoms with Gasteiger partial charge in [0, 0.05) is 17.0 Å². The van der Waals surface area contributed by atoms with Crippen molar-refractivity contribution in [3.05, 3.63) is 68.5 Å². The Kier molecular flexibility index (Phi) is 6.26. The monoisotopic (exact) mass is 537 g/mol. The summed E-state index contributed by atoms with van der Waals surface area (Å²) in [5.41, 5.74) is 7.80. The zero-order chi connectivity index (χ0) is 23.8. The predicted octanol–water partition coefficient (Wildman–Crippen LogP) is 4.64. The molecule has 0 fully saturated rings. The van der Waals surface area contributed by atoms with Gasteiger partial charge in [0.05, 0.1) is 39.5 Å². The first-order valence-corrected chi connectivity index (χ1v) is 11.2. The number of nitrogen functional groups attached to an aromatic ring is 1. The highest BCUT2D eigenvalue weighted by atomic mass is 79.9. The lowest BCUT2D eigenvalue weighted by Crippen LogP contribution is -2.34. The van der Waals surface area contributed by atoms with Crippen molar-refractivity contribution in [3.63, 3.8) is 0 Å². The van der Waals surface area contributed by atoms with Gasteiger partial charge in [-0.05, 0) is 47.1 Å². The molecule has 0 aromatic carbocycles. The summed E-state index contributed by atoms with van der Waals surface area (Å²) in [5.74, 6) is -0.131. The van der Waals surface area contributed by atoms with E-state index in [9.17, 15) is 18.0 Å². The van der Waals surface area contributed by atoms with Crippen LogP contribution in [0.25, 0.3) is 11.0 Å². The largest absolute Gasteiger partial charge is 0.435 e. The fraction of sp³-hybridized carbons (Fsp3) is 0.200. The van der Waals surface area contributed by atoms with Crippen LogP contribution in [0.1, 0.15) is 40.4 Å². The topological polar surface area (TPSA) is 111 Å². The fourth-order valence-electron chi connectivity index (χ4n) is 3.08. The average molecular weight is 538 g/mol. The molecule has 4 heterocycles. The van der Waals surface area contributed by atoms with Gasteiger partial charge in [-0.1, -0.05) is 0 Å². The van der Waals surface area contributed by atoms with Gasteiger partial charge in [0.25, 0.3) is 5.91 Å². The van der Waals surface area contributed by atoms with E-state index in [0.29, 0.717) is 21.2 Å². The van der Waals surface area contributed by atoms with Crippen LogP contribution in [0.5, 0.6) is 0 Å². The number of amides is 1. The van der Waals surface area contributed by atoms with Gasteiger partial charge < -0.3 is 10.6 Å². The molecule has 0 aliphatic heterocycles. The number of halogens is 4. The maximum atomic E-state index is 13.5. The van der Waals surface area contributed by atoms with Gasteiger partial charge in [0.15, 0.2) is 11.3 Å². The number of pyridine rings is 2. The van der Waals surface area contributed by atoms with Gasteiger partial charge in [-0.2, -0.15) is 18.3 Å². The highest BCUT2D eigenvalue weighted by Crippen LogP contribution is 2.29. The summed E-state index contributed by atoms with van der Waals surface area (Å²) >= 11 is 4.68. The number of fused-ring (bicyclic) bond motifs is 1. The standard InChI is InChI=1S/C20H15BrF3N7OS/c1-10(15-8-33-9-27-15)31(7-13-2-3-16(30-29-13)20(22,23)24)19(32)12-4-11-5-14(21)17(25)28-18(11)26-6-12/h2-6,8-10H,7H2,1H3,(H2,25,26,28)/t10-/m1/s1. The van der Waals surface area contributed by atoms with Gasteiger partial charge in [-0.15, -0.1) is 16.4 Å². The van der Waals surface area contributed by atoms with Crippen molar-refractivity contribution in [2.45, 2.75) is 25.7 Å². The predicted molar refractivity (Wildman–Crippen MR) is 119 cm³/mol. The van der Waals surface area contributed by atoms with E-state index in [-0.39, 0.29) is 23.6 Å².